The van der Waals surface area contributed by atoms with Gasteiger partial charge in [0.2, 0.25) is 5.43 Å². The fourth-order valence-corrected chi connectivity index (χ4v) is 4.34. The van der Waals surface area contributed by atoms with Crippen LogP contribution in [-0.4, -0.2) is 41.9 Å². The van der Waals surface area contributed by atoms with Gasteiger partial charge < -0.3 is 30.8 Å². The van der Waals surface area contributed by atoms with E-state index >= 15 is 4.39 Å². The first-order chi connectivity index (χ1) is 13.8. The van der Waals surface area contributed by atoms with Gasteiger partial charge in [0, 0.05) is 25.2 Å². The van der Waals surface area contributed by atoms with Gasteiger partial charge in [0.1, 0.15) is 17.1 Å². The van der Waals surface area contributed by atoms with Crippen LogP contribution < -0.4 is 26.5 Å². The number of aromatic nitrogens is 1. The highest BCUT2D eigenvalue weighted by atomic mass is 19.1. The van der Waals surface area contributed by atoms with E-state index in [-0.39, 0.29) is 40.6 Å². The summed E-state index contributed by atoms with van der Waals surface area (Å²) >= 11 is 0. The van der Waals surface area contributed by atoms with Gasteiger partial charge in [-0.3, -0.25) is 4.79 Å². The summed E-state index contributed by atoms with van der Waals surface area (Å²) in [6.07, 6.45) is 2.43. The molecule has 1 saturated carbocycles. The zero-order chi connectivity index (χ0) is 21.0. The van der Waals surface area contributed by atoms with Crippen LogP contribution in [-0.2, 0) is 0 Å². The Labute approximate surface area is 166 Å². The van der Waals surface area contributed by atoms with Crippen LogP contribution in [0.4, 0.5) is 15.9 Å². The number of rotatable bonds is 5. The number of methoxy groups -OCH3 is 1. The van der Waals surface area contributed by atoms with Gasteiger partial charge in [-0.05, 0) is 38.2 Å². The number of hydrogen-bond acceptors (Lipinski definition) is 6. The number of halogens is 1. The first kappa shape index (κ1) is 19.5. The molecule has 156 valence electrons. The van der Waals surface area contributed by atoms with Crippen LogP contribution in [0.1, 0.15) is 42.6 Å². The number of ether oxygens (including phenoxy) is 1. The van der Waals surface area contributed by atoms with Gasteiger partial charge in [0.05, 0.1) is 18.0 Å². The summed E-state index contributed by atoms with van der Waals surface area (Å²) in [5.74, 6) is -1.74. The second kappa shape index (κ2) is 6.91. The van der Waals surface area contributed by atoms with Crippen LogP contribution in [0.5, 0.6) is 5.75 Å². The molecule has 2 unspecified atom stereocenters. The number of hydrogen-bond donors (Lipinski definition) is 3. The molecule has 8 nitrogen and oxygen atoms in total. The molecule has 2 heterocycles. The summed E-state index contributed by atoms with van der Waals surface area (Å²) in [6.45, 7) is 3.12. The number of fused-ring (bicyclic) bond motifs is 1. The maximum atomic E-state index is 15.2. The number of nitrogens with two attached hydrogens (primary N) is 2. The van der Waals surface area contributed by atoms with Crippen molar-refractivity contribution in [3.8, 4) is 5.75 Å². The fourth-order valence-electron chi connectivity index (χ4n) is 4.34. The third-order valence-electron chi connectivity index (χ3n) is 6.03. The second-order valence-electron chi connectivity index (χ2n) is 7.99. The van der Waals surface area contributed by atoms with Crippen molar-refractivity contribution >= 4 is 28.4 Å². The van der Waals surface area contributed by atoms with E-state index < -0.39 is 22.8 Å². The number of nitrogens with zero attached hydrogens (tertiary/aromatic N) is 2. The number of aromatic carboxylic acids is 1. The Kier molecular flexibility index (Phi) is 4.65. The van der Waals surface area contributed by atoms with Crippen molar-refractivity contribution < 1.29 is 19.0 Å². The maximum absolute atomic E-state index is 15.2. The van der Waals surface area contributed by atoms with Crippen LogP contribution in [0, 0.1) is 11.7 Å². The molecule has 1 aromatic carbocycles. The molecule has 2 atom stereocenters. The number of carbonyl (C=O) groups is 1. The van der Waals surface area contributed by atoms with Gasteiger partial charge in [-0.25, -0.2) is 9.18 Å². The zero-order valence-electron chi connectivity index (χ0n) is 16.4. The Hall–Kier alpha value is -2.81. The minimum Gasteiger partial charge on any atom is -0.492 e. The summed E-state index contributed by atoms with van der Waals surface area (Å²) in [6, 6.07) is 1.05. The number of pyridine rings is 1. The quantitative estimate of drug-likeness (QED) is 0.696. The Morgan fingerprint density at radius 3 is 2.59 bits per heavy atom. The number of carboxylic acid groups (broad SMARTS) is 1. The van der Waals surface area contributed by atoms with Crippen LogP contribution in [0.15, 0.2) is 10.9 Å². The lowest BCUT2D eigenvalue weighted by Crippen LogP contribution is -2.30. The van der Waals surface area contributed by atoms with E-state index in [4.69, 9.17) is 16.2 Å². The van der Waals surface area contributed by atoms with E-state index in [1.54, 1.807) is 4.57 Å². The van der Waals surface area contributed by atoms with Crippen molar-refractivity contribution in [3.63, 3.8) is 0 Å². The predicted octanol–water partition coefficient (Wildman–Crippen LogP) is 1.94. The third kappa shape index (κ3) is 3.00. The van der Waals surface area contributed by atoms with Crippen LogP contribution in [0.3, 0.4) is 0 Å². The smallest absolute Gasteiger partial charge is 0.343 e. The van der Waals surface area contributed by atoms with Crippen LogP contribution in [0.2, 0.25) is 0 Å². The van der Waals surface area contributed by atoms with Gasteiger partial charge in [0.25, 0.3) is 0 Å². The molecule has 1 aromatic heterocycles. The first-order valence-corrected chi connectivity index (χ1v) is 9.74. The molecule has 0 spiro atoms. The number of benzene rings is 1. The molecule has 2 aliphatic rings. The Morgan fingerprint density at radius 2 is 2.07 bits per heavy atom. The van der Waals surface area contributed by atoms with Crippen molar-refractivity contribution in [1.82, 2.24) is 4.57 Å². The molecule has 0 amide bonds. The van der Waals surface area contributed by atoms with E-state index in [0.29, 0.717) is 18.6 Å². The summed E-state index contributed by atoms with van der Waals surface area (Å²) < 4.78 is 22.5. The van der Waals surface area contributed by atoms with Crippen molar-refractivity contribution in [1.29, 1.82) is 0 Å². The zero-order valence-corrected chi connectivity index (χ0v) is 16.4. The summed E-state index contributed by atoms with van der Waals surface area (Å²) in [5.41, 5.74) is 11.4. The van der Waals surface area contributed by atoms with Crippen LogP contribution >= 0.6 is 0 Å². The first-order valence-electron chi connectivity index (χ1n) is 9.74. The van der Waals surface area contributed by atoms with Gasteiger partial charge in [-0.15, -0.1) is 0 Å². The lowest BCUT2D eigenvalue weighted by molar-refractivity contribution is 0.0696. The van der Waals surface area contributed by atoms with Crippen LogP contribution in [0.25, 0.3) is 10.9 Å². The van der Waals surface area contributed by atoms with Gasteiger partial charge in [-0.1, -0.05) is 0 Å². The maximum Gasteiger partial charge on any atom is 0.343 e. The molecule has 1 saturated heterocycles. The molecule has 1 aliphatic carbocycles. The molecule has 4 rings (SSSR count). The average molecular weight is 404 g/mol. The molecule has 1 aliphatic heterocycles. The summed E-state index contributed by atoms with van der Waals surface area (Å²) in [7, 11) is 1.42. The molecular formula is C20H25FN4O4. The van der Waals surface area contributed by atoms with Gasteiger partial charge in [0.15, 0.2) is 11.6 Å². The van der Waals surface area contributed by atoms with E-state index in [0.717, 1.165) is 25.3 Å². The summed E-state index contributed by atoms with van der Waals surface area (Å²) in [5, 5.41) is 9.46. The van der Waals surface area contributed by atoms with E-state index in [2.05, 4.69) is 0 Å². The number of carboxylic acids is 1. The Morgan fingerprint density at radius 1 is 1.38 bits per heavy atom. The molecule has 29 heavy (non-hydrogen) atoms. The molecule has 2 fully saturated rings. The highest BCUT2D eigenvalue weighted by Gasteiger charge is 2.35. The minimum atomic E-state index is -1.42. The minimum absolute atomic E-state index is 0.0204. The topological polar surface area (TPSA) is 124 Å². The molecular weight excluding hydrogens is 379 g/mol. The Bertz CT molecular complexity index is 1060. The van der Waals surface area contributed by atoms with E-state index in [1.807, 2.05) is 11.8 Å². The Balaban J connectivity index is 2.03. The van der Waals surface area contributed by atoms with Crippen molar-refractivity contribution in [3.05, 3.63) is 27.7 Å². The van der Waals surface area contributed by atoms with Crippen molar-refractivity contribution in [2.45, 2.75) is 38.3 Å². The highest BCUT2D eigenvalue weighted by Crippen LogP contribution is 2.46. The predicted molar refractivity (Wildman–Crippen MR) is 108 cm³/mol. The lowest BCUT2D eigenvalue weighted by atomic mass is 10.0. The van der Waals surface area contributed by atoms with Crippen molar-refractivity contribution in [2.24, 2.45) is 11.7 Å². The fraction of sp³-hybridized carbons (Fsp3) is 0.500. The SMILES string of the molecule is COc1c(N2CCC(C(C)N)C2)c(F)cc2c(=O)c(C(=O)O)c(N)n(C3CC3)c12. The van der Waals surface area contributed by atoms with Crippen molar-refractivity contribution in [2.75, 3.05) is 30.8 Å². The molecule has 0 bridgehead atoms. The molecule has 9 heteroatoms. The number of anilines is 2. The molecule has 0 radical (unpaired) electrons. The van der Waals surface area contributed by atoms with E-state index in [9.17, 15) is 14.7 Å². The monoisotopic (exact) mass is 404 g/mol. The third-order valence-corrected chi connectivity index (χ3v) is 6.03. The summed E-state index contributed by atoms with van der Waals surface area (Å²) in [4.78, 5) is 26.4. The standard InChI is InChI=1S/C20H25FN4O4/c1-9(22)10-5-6-24(8-10)16-13(21)7-12-15(18(16)29-2)25(11-3-4-11)19(23)14(17(12)26)20(27)28/h7,9-11H,3-6,8,22-23H2,1-2H3,(H,27,28). The lowest BCUT2D eigenvalue weighted by Gasteiger charge is -2.26. The molecule has 2 aromatic rings. The largest absolute Gasteiger partial charge is 0.492 e. The van der Waals surface area contributed by atoms with Gasteiger partial charge >= 0.3 is 5.97 Å². The molecule has 5 N–H and O–H groups in total. The van der Waals surface area contributed by atoms with Gasteiger partial charge in [-0.2, -0.15) is 0 Å². The second-order valence-corrected chi connectivity index (χ2v) is 7.99. The number of nitrogen functional groups attached to an aromatic ring is 1. The normalized spacial score (nSPS) is 20.3. The van der Waals surface area contributed by atoms with E-state index in [1.165, 1.54) is 7.11 Å². The highest BCUT2D eigenvalue weighted by molar-refractivity contribution is 6.01. The average Bonchev–Trinajstić information content (AvgIpc) is 3.36.